The van der Waals surface area contributed by atoms with Crippen LogP contribution in [0.1, 0.15) is 11.4 Å². The maximum Gasteiger partial charge on any atom is 0.238 e. The summed E-state index contributed by atoms with van der Waals surface area (Å²) >= 11 is 0. The normalized spacial score (nSPS) is 14.7. The number of amides is 1. The highest BCUT2D eigenvalue weighted by atomic mass is 16.2. The highest BCUT2D eigenvalue weighted by Crippen LogP contribution is 2.18. The third kappa shape index (κ3) is 3.03. The standard InChI is InChI=1S/C14H18N6O/c1-10-2-3-11(15)6-12(10)17-14(21)8-19-4-5-20-9-16-18-13(20)7-19/h2-3,6,9H,4-5,7-8,15H2,1H3,(H,17,21). The van der Waals surface area contributed by atoms with Gasteiger partial charge >= 0.3 is 0 Å². The number of rotatable bonds is 3. The molecule has 2 heterocycles. The van der Waals surface area contributed by atoms with Gasteiger partial charge in [-0.05, 0) is 24.6 Å². The topological polar surface area (TPSA) is 89.1 Å². The van der Waals surface area contributed by atoms with Gasteiger partial charge in [0.15, 0.2) is 0 Å². The number of nitrogens with zero attached hydrogens (tertiary/aromatic N) is 4. The van der Waals surface area contributed by atoms with E-state index < -0.39 is 0 Å². The Hall–Kier alpha value is -2.41. The van der Waals surface area contributed by atoms with Crippen LogP contribution in [0, 0.1) is 6.92 Å². The van der Waals surface area contributed by atoms with Crippen LogP contribution in [0.25, 0.3) is 0 Å². The average molecular weight is 286 g/mol. The molecule has 3 rings (SSSR count). The third-order valence-corrected chi connectivity index (χ3v) is 3.62. The van der Waals surface area contributed by atoms with Crippen LogP contribution in [0.5, 0.6) is 0 Å². The zero-order valence-electron chi connectivity index (χ0n) is 11.9. The highest BCUT2D eigenvalue weighted by molar-refractivity contribution is 5.93. The van der Waals surface area contributed by atoms with Gasteiger partial charge in [0.2, 0.25) is 5.91 Å². The Bertz CT molecular complexity index is 665. The summed E-state index contributed by atoms with van der Waals surface area (Å²) < 4.78 is 2.01. The molecule has 0 radical (unpaired) electrons. The molecule has 0 saturated heterocycles. The second kappa shape index (κ2) is 5.53. The highest BCUT2D eigenvalue weighted by Gasteiger charge is 2.19. The SMILES string of the molecule is Cc1ccc(N)cc1NC(=O)CN1CCn2cnnc2C1. The van der Waals surface area contributed by atoms with Crippen LogP contribution in [0.4, 0.5) is 11.4 Å². The van der Waals surface area contributed by atoms with Crippen molar-refractivity contribution in [3.05, 3.63) is 35.9 Å². The largest absolute Gasteiger partial charge is 0.399 e. The molecule has 21 heavy (non-hydrogen) atoms. The van der Waals surface area contributed by atoms with Gasteiger partial charge in [0.1, 0.15) is 12.2 Å². The summed E-state index contributed by atoms with van der Waals surface area (Å²) in [4.78, 5) is 14.2. The Morgan fingerprint density at radius 2 is 2.29 bits per heavy atom. The molecule has 0 atom stereocenters. The number of nitrogens with two attached hydrogens (primary N) is 1. The minimum atomic E-state index is -0.0448. The van der Waals surface area contributed by atoms with E-state index in [-0.39, 0.29) is 5.91 Å². The van der Waals surface area contributed by atoms with Gasteiger partial charge in [-0.2, -0.15) is 0 Å². The summed E-state index contributed by atoms with van der Waals surface area (Å²) in [7, 11) is 0. The predicted molar refractivity (Wildman–Crippen MR) is 79.5 cm³/mol. The van der Waals surface area contributed by atoms with Crippen molar-refractivity contribution in [1.29, 1.82) is 0 Å². The summed E-state index contributed by atoms with van der Waals surface area (Å²) in [5.41, 5.74) is 8.15. The molecule has 0 fully saturated rings. The number of aromatic nitrogens is 3. The number of anilines is 2. The van der Waals surface area contributed by atoms with Gasteiger partial charge in [0, 0.05) is 24.5 Å². The van der Waals surface area contributed by atoms with Crippen LogP contribution < -0.4 is 11.1 Å². The predicted octanol–water partition coefficient (Wildman–Crippen LogP) is 0.623. The minimum Gasteiger partial charge on any atom is -0.399 e. The molecule has 0 unspecified atom stereocenters. The molecule has 7 heteroatoms. The molecule has 7 nitrogen and oxygen atoms in total. The zero-order valence-corrected chi connectivity index (χ0v) is 11.9. The Morgan fingerprint density at radius 3 is 3.14 bits per heavy atom. The maximum atomic E-state index is 12.2. The van der Waals surface area contributed by atoms with Crippen LogP contribution in [-0.4, -0.2) is 38.7 Å². The maximum absolute atomic E-state index is 12.2. The Balaban J connectivity index is 1.61. The number of nitrogens with one attached hydrogen (secondary N) is 1. The summed E-state index contributed by atoms with van der Waals surface area (Å²) in [6.45, 7) is 4.55. The van der Waals surface area contributed by atoms with Crippen molar-refractivity contribution in [2.45, 2.75) is 20.0 Å². The number of nitrogen functional groups attached to an aromatic ring is 1. The van der Waals surface area contributed by atoms with Crippen LogP contribution >= 0.6 is 0 Å². The molecule has 1 aliphatic rings. The number of fused-ring (bicyclic) bond motifs is 1. The van der Waals surface area contributed by atoms with Crippen LogP contribution in [0.3, 0.4) is 0 Å². The van der Waals surface area contributed by atoms with E-state index in [0.29, 0.717) is 18.8 Å². The lowest BCUT2D eigenvalue weighted by Gasteiger charge is -2.26. The van der Waals surface area contributed by atoms with Crippen molar-refractivity contribution in [3.8, 4) is 0 Å². The molecule has 0 bridgehead atoms. The van der Waals surface area contributed by atoms with Gasteiger partial charge in [-0.1, -0.05) is 6.07 Å². The first-order valence-corrected chi connectivity index (χ1v) is 6.87. The number of hydrogen-bond acceptors (Lipinski definition) is 5. The number of carbonyl (C=O) groups is 1. The first-order valence-electron chi connectivity index (χ1n) is 6.87. The van der Waals surface area contributed by atoms with E-state index in [1.807, 2.05) is 23.6 Å². The smallest absolute Gasteiger partial charge is 0.238 e. The molecular weight excluding hydrogens is 268 g/mol. The van der Waals surface area contributed by atoms with E-state index in [9.17, 15) is 4.79 Å². The van der Waals surface area contributed by atoms with Crippen molar-refractivity contribution in [2.24, 2.45) is 0 Å². The van der Waals surface area contributed by atoms with Crippen molar-refractivity contribution in [2.75, 3.05) is 24.1 Å². The second-order valence-corrected chi connectivity index (χ2v) is 5.27. The fourth-order valence-corrected chi connectivity index (χ4v) is 2.42. The third-order valence-electron chi connectivity index (χ3n) is 3.62. The monoisotopic (exact) mass is 286 g/mol. The van der Waals surface area contributed by atoms with E-state index in [1.54, 1.807) is 12.4 Å². The van der Waals surface area contributed by atoms with E-state index in [4.69, 9.17) is 5.73 Å². The molecule has 110 valence electrons. The Kier molecular flexibility index (Phi) is 3.57. The molecule has 1 aromatic heterocycles. The number of aryl methyl sites for hydroxylation is 1. The Labute approximate surface area is 122 Å². The van der Waals surface area contributed by atoms with Gasteiger partial charge in [0.25, 0.3) is 0 Å². The van der Waals surface area contributed by atoms with Gasteiger partial charge in [-0.25, -0.2) is 0 Å². The van der Waals surface area contributed by atoms with Gasteiger partial charge in [-0.3, -0.25) is 9.69 Å². The molecule has 0 aliphatic carbocycles. The quantitative estimate of drug-likeness (QED) is 0.808. The van der Waals surface area contributed by atoms with Crippen LogP contribution in [0.2, 0.25) is 0 Å². The van der Waals surface area contributed by atoms with Gasteiger partial charge in [0.05, 0.1) is 13.1 Å². The Morgan fingerprint density at radius 1 is 1.43 bits per heavy atom. The molecule has 1 aromatic carbocycles. The van der Waals surface area contributed by atoms with Gasteiger partial charge < -0.3 is 15.6 Å². The molecule has 2 aromatic rings. The lowest BCUT2D eigenvalue weighted by molar-refractivity contribution is -0.117. The number of benzene rings is 1. The van der Waals surface area contributed by atoms with Gasteiger partial charge in [-0.15, -0.1) is 10.2 Å². The zero-order chi connectivity index (χ0) is 14.8. The number of hydrogen-bond donors (Lipinski definition) is 2. The molecule has 0 spiro atoms. The molecule has 1 aliphatic heterocycles. The minimum absolute atomic E-state index is 0.0448. The summed E-state index contributed by atoms with van der Waals surface area (Å²) in [5, 5.41) is 10.8. The van der Waals surface area contributed by atoms with E-state index in [0.717, 1.165) is 30.2 Å². The van der Waals surface area contributed by atoms with Crippen LogP contribution in [-0.2, 0) is 17.9 Å². The second-order valence-electron chi connectivity index (χ2n) is 5.27. The average Bonchev–Trinajstić information content (AvgIpc) is 2.90. The molecule has 1 amide bonds. The van der Waals surface area contributed by atoms with E-state index in [1.165, 1.54) is 0 Å². The van der Waals surface area contributed by atoms with Crippen molar-refractivity contribution in [3.63, 3.8) is 0 Å². The fraction of sp³-hybridized carbons (Fsp3) is 0.357. The van der Waals surface area contributed by atoms with E-state index in [2.05, 4.69) is 20.4 Å². The van der Waals surface area contributed by atoms with Crippen molar-refractivity contribution in [1.82, 2.24) is 19.7 Å². The van der Waals surface area contributed by atoms with Crippen LogP contribution in [0.15, 0.2) is 24.5 Å². The van der Waals surface area contributed by atoms with Crippen molar-refractivity contribution >= 4 is 17.3 Å². The van der Waals surface area contributed by atoms with Crippen molar-refractivity contribution < 1.29 is 4.79 Å². The lowest BCUT2D eigenvalue weighted by Crippen LogP contribution is -2.39. The molecule has 0 saturated carbocycles. The molecular formula is C14H18N6O. The fourth-order valence-electron chi connectivity index (χ4n) is 2.42. The summed E-state index contributed by atoms with van der Waals surface area (Å²) in [5.74, 6) is 0.853. The summed E-state index contributed by atoms with van der Waals surface area (Å²) in [6.07, 6.45) is 1.73. The molecule has 3 N–H and O–H groups in total. The first-order chi connectivity index (χ1) is 10.1. The first kappa shape index (κ1) is 13.6. The van der Waals surface area contributed by atoms with E-state index >= 15 is 0 Å². The summed E-state index contributed by atoms with van der Waals surface area (Å²) in [6, 6.07) is 5.50. The lowest BCUT2D eigenvalue weighted by atomic mass is 10.2. The number of carbonyl (C=O) groups excluding carboxylic acids is 1.